The second-order valence-corrected chi connectivity index (χ2v) is 6.56. The molecule has 0 fully saturated rings. The zero-order valence-corrected chi connectivity index (χ0v) is 14.6. The van der Waals surface area contributed by atoms with E-state index in [2.05, 4.69) is 0 Å². The van der Waals surface area contributed by atoms with Crippen molar-refractivity contribution in [1.82, 2.24) is 0 Å². The van der Waals surface area contributed by atoms with Crippen LogP contribution in [-0.4, -0.2) is 0 Å². The Hall–Kier alpha value is -3.08. The quantitative estimate of drug-likeness (QED) is 0.372. The highest BCUT2D eigenvalue weighted by Crippen LogP contribution is 2.37. The second kappa shape index (κ2) is 5.98. The zero-order chi connectivity index (χ0) is 19.3. The molecule has 0 unspecified atom stereocenters. The van der Waals surface area contributed by atoms with E-state index in [1.807, 2.05) is 32.0 Å². The van der Waals surface area contributed by atoms with Gasteiger partial charge in [-0.05, 0) is 47.9 Å². The number of fused-ring (bicyclic) bond motifs is 3. The molecule has 3 aromatic carbocycles. The van der Waals surface area contributed by atoms with Crippen LogP contribution in [0.1, 0.15) is 16.7 Å². The minimum atomic E-state index is -4.57. The summed E-state index contributed by atoms with van der Waals surface area (Å²) in [6.45, 7) is 3.92. The summed E-state index contributed by atoms with van der Waals surface area (Å²) in [7, 11) is 0. The predicted octanol–water partition coefficient (Wildman–Crippen LogP) is 6.25. The third-order valence-corrected chi connectivity index (χ3v) is 5.00. The van der Waals surface area contributed by atoms with Crippen LogP contribution in [0.15, 0.2) is 64.0 Å². The van der Waals surface area contributed by atoms with Crippen LogP contribution >= 0.6 is 0 Å². The average Bonchev–Trinajstić information content (AvgIpc) is 2.64. The number of benzene rings is 3. The summed E-state index contributed by atoms with van der Waals surface area (Å²) < 4.78 is 45.7. The molecule has 0 radical (unpaired) electrons. The Morgan fingerprint density at radius 2 is 1.56 bits per heavy atom. The lowest BCUT2D eigenvalue weighted by atomic mass is 9.95. The standard InChI is InChI=1S/C22H15F3O2/c1-12-7-8-16-14(13(12)2)9-10-19-20(16)21(26)17(11-27-19)15-5-3-4-6-18(15)22(23,24)25/h3-11H,1-2H3. The predicted molar refractivity (Wildman–Crippen MR) is 99.9 cm³/mol. The number of rotatable bonds is 1. The summed E-state index contributed by atoms with van der Waals surface area (Å²) in [5.41, 5.74) is 0.844. The summed E-state index contributed by atoms with van der Waals surface area (Å²) in [5, 5.41) is 1.86. The van der Waals surface area contributed by atoms with E-state index in [1.54, 1.807) is 6.07 Å². The third-order valence-electron chi connectivity index (χ3n) is 5.00. The number of alkyl halides is 3. The molecule has 1 aromatic heterocycles. The number of halogens is 3. The highest BCUT2D eigenvalue weighted by Gasteiger charge is 2.34. The Balaban J connectivity index is 2.12. The monoisotopic (exact) mass is 368 g/mol. The maximum Gasteiger partial charge on any atom is 0.417 e. The molecule has 0 spiro atoms. The van der Waals surface area contributed by atoms with Gasteiger partial charge in [-0.2, -0.15) is 13.2 Å². The molecule has 4 rings (SSSR count). The van der Waals surface area contributed by atoms with Crippen molar-refractivity contribution in [3.63, 3.8) is 0 Å². The van der Waals surface area contributed by atoms with Gasteiger partial charge in [-0.15, -0.1) is 0 Å². The van der Waals surface area contributed by atoms with Crippen molar-refractivity contribution in [2.24, 2.45) is 0 Å². The summed E-state index contributed by atoms with van der Waals surface area (Å²) in [6.07, 6.45) is -3.45. The summed E-state index contributed by atoms with van der Waals surface area (Å²) in [4.78, 5) is 13.2. The lowest BCUT2D eigenvalue weighted by molar-refractivity contribution is -0.137. The minimum absolute atomic E-state index is 0.0962. The first kappa shape index (κ1) is 17.3. The van der Waals surface area contributed by atoms with Gasteiger partial charge in [0.2, 0.25) is 5.43 Å². The molecule has 0 amide bonds. The normalized spacial score (nSPS) is 12.0. The number of hydrogen-bond donors (Lipinski definition) is 0. The van der Waals surface area contributed by atoms with E-state index in [4.69, 9.17) is 4.42 Å². The van der Waals surface area contributed by atoms with E-state index in [9.17, 15) is 18.0 Å². The topological polar surface area (TPSA) is 30.2 Å². The van der Waals surface area contributed by atoms with Crippen molar-refractivity contribution in [3.05, 3.63) is 81.7 Å². The Morgan fingerprint density at radius 3 is 2.30 bits per heavy atom. The van der Waals surface area contributed by atoms with E-state index in [1.165, 1.54) is 18.2 Å². The molecule has 1 heterocycles. The van der Waals surface area contributed by atoms with Crippen LogP contribution in [0.4, 0.5) is 13.2 Å². The molecule has 0 atom stereocenters. The third kappa shape index (κ3) is 2.70. The Labute approximate surface area is 152 Å². The summed E-state index contributed by atoms with van der Waals surface area (Å²) in [5.74, 6) is 0. The van der Waals surface area contributed by atoms with E-state index < -0.39 is 17.2 Å². The molecule has 4 aromatic rings. The van der Waals surface area contributed by atoms with Crippen LogP contribution < -0.4 is 5.43 Å². The largest absolute Gasteiger partial charge is 0.463 e. The van der Waals surface area contributed by atoms with E-state index in [0.29, 0.717) is 16.4 Å². The van der Waals surface area contributed by atoms with Gasteiger partial charge in [0.15, 0.2) is 0 Å². The van der Waals surface area contributed by atoms with E-state index in [-0.39, 0.29) is 11.1 Å². The van der Waals surface area contributed by atoms with Gasteiger partial charge in [0, 0.05) is 5.56 Å². The summed E-state index contributed by atoms with van der Waals surface area (Å²) >= 11 is 0. The molecule has 27 heavy (non-hydrogen) atoms. The molecule has 0 N–H and O–H groups in total. The van der Waals surface area contributed by atoms with E-state index in [0.717, 1.165) is 28.8 Å². The molecule has 0 aliphatic heterocycles. The van der Waals surface area contributed by atoms with Gasteiger partial charge in [-0.1, -0.05) is 36.4 Å². The average molecular weight is 368 g/mol. The van der Waals surface area contributed by atoms with Crippen LogP contribution in [0.5, 0.6) is 0 Å². The van der Waals surface area contributed by atoms with Crippen LogP contribution in [-0.2, 0) is 6.18 Å². The molecule has 136 valence electrons. The van der Waals surface area contributed by atoms with Gasteiger partial charge in [-0.3, -0.25) is 4.79 Å². The van der Waals surface area contributed by atoms with Gasteiger partial charge in [0.25, 0.3) is 0 Å². The van der Waals surface area contributed by atoms with Gasteiger partial charge < -0.3 is 4.42 Å². The number of aryl methyl sites for hydroxylation is 2. The maximum atomic E-state index is 13.4. The highest BCUT2D eigenvalue weighted by atomic mass is 19.4. The van der Waals surface area contributed by atoms with Gasteiger partial charge in [0.05, 0.1) is 16.5 Å². The molecule has 0 aliphatic carbocycles. The van der Waals surface area contributed by atoms with Crippen LogP contribution in [0.2, 0.25) is 0 Å². The lowest BCUT2D eigenvalue weighted by Crippen LogP contribution is -2.11. The molecule has 5 heteroatoms. The van der Waals surface area contributed by atoms with Crippen molar-refractivity contribution in [2.75, 3.05) is 0 Å². The Bertz CT molecular complexity index is 1250. The maximum absolute atomic E-state index is 13.4. The smallest absolute Gasteiger partial charge is 0.417 e. The SMILES string of the molecule is Cc1ccc2c(ccc3occ(-c4ccccc4C(F)(F)F)c(=O)c32)c1C. The first-order chi connectivity index (χ1) is 12.8. The van der Waals surface area contributed by atoms with Crippen molar-refractivity contribution < 1.29 is 17.6 Å². The minimum Gasteiger partial charge on any atom is -0.463 e. The van der Waals surface area contributed by atoms with Crippen LogP contribution in [0.25, 0.3) is 32.9 Å². The number of hydrogen-bond acceptors (Lipinski definition) is 2. The molecule has 0 bridgehead atoms. The van der Waals surface area contributed by atoms with Crippen molar-refractivity contribution in [3.8, 4) is 11.1 Å². The first-order valence-electron chi connectivity index (χ1n) is 8.40. The van der Waals surface area contributed by atoms with E-state index >= 15 is 0 Å². The van der Waals surface area contributed by atoms with Gasteiger partial charge >= 0.3 is 6.18 Å². The van der Waals surface area contributed by atoms with Gasteiger partial charge in [-0.25, -0.2) is 0 Å². The molecule has 2 nitrogen and oxygen atoms in total. The van der Waals surface area contributed by atoms with Crippen LogP contribution in [0.3, 0.4) is 0 Å². The zero-order valence-electron chi connectivity index (χ0n) is 14.6. The fraction of sp³-hybridized carbons (Fsp3) is 0.136. The lowest BCUT2D eigenvalue weighted by Gasteiger charge is -2.13. The second-order valence-electron chi connectivity index (χ2n) is 6.56. The fourth-order valence-electron chi connectivity index (χ4n) is 3.44. The van der Waals surface area contributed by atoms with Gasteiger partial charge in [0.1, 0.15) is 11.8 Å². The van der Waals surface area contributed by atoms with Crippen molar-refractivity contribution >= 4 is 21.7 Å². The molecule has 0 aliphatic rings. The Morgan fingerprint density at radius 1 is 0.852 bits per heavy atom. The Kier molecular flexibility index (Phi) is 3.84. The highest BCUT2D eigenvalue weighted by molar-refractivity contribution is 6.07. The van der Waals surface area contributed by atoms with Crippen molar-refractivity contribution in [2.45, 2.75) is 20.0 Å². The molecule has 0 saturated carbocycles. The fourth-order valence-corrected chi connectivity index (χ4v) is 3.44. The summed E-state index contributed by atoms with van der Waals surface area (Å²) in [6, 6.07) is 12.3. The first-order valence-corrected chi connectivity index (χ1v) is 8.40. The van der Waals surface area contributed by atoms with Crippen LogP contribution in [0, 0.1) is 13.8 Å². The molecular weight excluding hydrogens is 353 g/mol. The molecule has 0 saturated heterocycles. The molecular formula is C22H15F3O2. The van der Waals surface area contributed by atoms with Crippen molar-refractivity contribution in [1.29, 1.82) is 0 Å².